The molecule has 3 amide bonds. The van der Waals surface area contributed by atoms with Gasteiger partial charge in [0.05, 0.1) is 32.3 Å². The molecular weight excluding hydrogens is 364 g/mol. The summed E-state index contributed by atoms with van der Waals surface area (Å²) in [6, 6.07) is 6.87. The van der Waals surface area contributed by atoms with Crippen LogP contribution in [0.3, 0.4) is 0 Å². The molecule has 0 N–H and O–H groups in total. The molecule has 6 heteroatoms. The molecule has 94 valence electrons. The number of nitrogens with zero attached hydrogens (tertiary/aromatic N) is 2. The number of rotatable bonds is 2. The van der Waals surface area contributed by atoms with Crippen LogP contribution in [0.5, 0.6) is 0 Å². The molecule has 0 spiro atoms. The molecule has 1 fully saturated rings. The third-order valence-electron chi connectivity index (χ3n) is 3.03. The Morgan fingerprint density at radius 1 is 1.22 bits per heavy atom. The van der Waals surface area contributed by atoms with Gasteiger partial charge in [0.15, 0.2) is 5.54 Å². The molecule has 1 aromatic rings. The van der Waals surface area contributed by atoms with E-state index < -0.39 is 11.6 Å². The fraction of sp³-hybridized carbons (Fsp3) is 0.167. The van der Waals surface area contributed by atoms with Gasteiger partial charge in [0.25, 0.3) is 5.91 Å². The molecular formula is C12H10Br2N2O2. The maximum atomic E-state index is 12.2. The zero-order valence-electron chi connectivity index (χ0n) is 9.56. The van der Waals surface area contributed by atoms with Crippen molar-refractivity contribution in [3.63, 3.8) is 0 Å². The van der Waals surface area contributed by atoms with E-state index in [4.69, 9.17) is 0 Å². The molecule has 1 heterocycles. The quantitative estimate of drug-likeness (QED) is 0.588. The van der Waals surface area contributed by atoms with Crippen LogP contribution in [0.25, 0.3) is 6.08 Å². The van der Waals surface area contributed by atoms with E-state index in [-0.39, 0.29) is 5.91 Å². The zero-order chi connectivity index (χ0) is 13.5. The second-order valence-corrected chi connectivity index (χ2v) is 5.47. The second-order valence-electron chi connectivity index (χ2n) is 4.05. The first kappa shape index (κ1) is 13.3. The van der Waals surface area contributed by atoms with Crippen molar-refractivity contribution in [1.82, 2.24) is 7.85 Å². The van der Waals surface area contributed by atoms with Crippen LogP contribution >= 0.6 is 32.3 Å². The van der Waals surface area contributed by atoms with Gasteiger partial charge in [0.2, 0.25) is 0 Å². The number of imide groups is 1. The normalized spacial score (nSPS) is 23.7. The Bertz CT molecular complexity index is 529. The molecule has 0 radical (unpaired) electrons. The minimum absolute atomic E-state index is 0.337. The van der Waals surface area contributed by atoms with Crippen LogP contribution in [-0.2, 0) is 10.3 Å². The monoisotopic (exact) mass is 372 g/mol. The van der Waals surface area contributed by atoms with Gasteiger partial charge in [-0.3, -0.25) is 4.79 Å². The highest BCUT2D eigenvalue weighted by Gasteiger charge is 2.54. The minimum Gasteiger partial charge on any atom is -0.270 e. The van der Waals surface area contributed by atoms with Gasteiger partial charge in [-0.05, 0) is 18.1 Å². The summed E-state index contributed by atoms with van der Waals surface area (Å²) in [7, 11) is 0. The molecule has 18 heavy (non-hydrogen) atoms. The number of benzene rings is 1. The van der Waals surface area contributed by atoms with Gasteiger partial charge < -0.3 is 0 Å². The molecule has 1 aliphatic rings. The third kappa shape index (κ3) is 1.71. The van der Waals surface area contributed by atoms with E-state index in [1.807, 2.05) is 24.3 Å². The van der Waals surface area contributed by atoms with Crippen LogP contribution in [0.1, 0.15) is 18.1 Å². The summed E-state index contributed by atoms with van der Waals surface area (Å²) in [5, 5.41) is 0. The van der Waals surface area contributed by atoms with Gasteiger partial charge in [-0.2, -0.15) is 3.93 Å². The predicted molar refractivity (Wildman–Crippen MR) is 75.8 cm³/mol. The van der Waals surface area contributed by atoms with Gasteiger partial charge in [-0.15, -0.1) is 0 Å². The first-order chi connectivity index (χ1) is 8.42. The Labute approximate surface area is 122 Å². The highest BCUT2D eigenvalue weighted by atomic mass is 79.9. The predicted octanol–water partition coefficient (Wildman–Crippen LogP) is 3.43. The summed E-state index contributed by atoms with van der Waals surface area (Å²) in [4.78, 5) is 23.9. The van der Waals surface area contributed by atoms with Crippen LogP contribution in [0, 0.1) is 0 Å². The Hall–Kier alpha value is -1.14. The average Bonchev–Trinajstić information content (AvgIpc) is 2.55. The highest BCUT2D eigenvalue weighted by Crippen LogP contribution is 2.40. The van der Waals surface area contributed by atoms with E-state index in [2.05, 4.69) is 38.9 Å². The summed E-state index contributed by atoms with van der Waals surface area (Å²) in [5.41, 5.74) is 0.626. The minimum atomic E-state index is -1.06. The van der Waals surface area contributed by atoms with Crippen molar-refractivity contribution in [2.75, 3.05) is 0 Å². The van der Waals surface area contributed by atoms with Crippen molar-refractivity contribution in [1.29, 1.82) is 0 Å². The van der Waals surface area contributed by atoms with Crippen molar-refractivity contribution < 1.29 is 9.59 Å². The van der Waals surface area contributed by atoms with Crippen molar-refractivity contribution in [2.45, 2.75) is 12.5 Å². The standard InChI is InChI=1S/C12H10Br2N2O2/c1-3-8-4-6-9(7-5-8)12(2)10(17)15(13)11(18)16(12)14/h3-7H,1H2,2H3. The van der Waals surface area contributed by atoms with E-state index >= 15 is 0 Å². The highest BCUT2D eigenvalue weighted by molar-refractivity contribution is 9.08. The van der Waals surface area contributed by atoms with Crippen molar-refractivity contribution in [2.24, 2.45) is 0 Å². The summed E-state index contributed by atoms with van der Waals surface area (Å²) >= 11 is 6.11. The molecule has 0 aromatic heterocycles. The lowest BCUT2D eigenvalue weighted by Crippen LogP contribution is -2.38. The lowest BCUT2D eigenvalue weighted by molar-refractivity contribution is -0.128. The molecule has 1 unspecified atom stereocenters. The number of carbonyl (C=O) groups excluding carboxylic acids is 2. The number of carbonyl (C=O) groups is 2. The Kier molecular flexibility index (Phi) is 3.33. The number of halogens is 2. The van der Waals surface area contributed by atoms with Crippen LogP contribution in [0.4, 0.5) is 4.79 Å². The van der Waals surface area contributed by atoms with Gasteiger partial charge in [-0.25, -0.2) is 8.72 Å². The topological polar surface area (TPSA) is 40.6 Å². The molecule has 4 nitrogen and oxygen atoms in total. The lowest BCUT2D eigenvalue weighted by Gasteiger charge is -2.26. The fourth-order valence-electron chi connectivity index (χ4n) is 1.81. The van der Waals surface area contributed by atoms with E-state index in [1.165, 1.54) is 3.93 Å². The second kappa shape index (κ2) is 4.51. The lowest BCUT2D eigenvalue weighted by atomic mass is 9.91. The Morgan fingerprint density at radius 2 is 1.78 bits per heavy atom. The fourth-order valence-corrected chi connectivity index (χ4v) is 3.04. The summed E-state index contributed by atoms with van der Waals surface area (Å²) in [6.45, 7) is 5.36. The number of hydrogen-bond donors (Lipinski definition) is 0. The molecule has 1 aromatic carbocycles. The molecule has 1 aliphatic heterocycles. The van der Waals surface area contributed by atoms with E-state index in [0.29, 0.717) is 0 Å². The number of amides is 3. The van der Waals surface area contributed by atoms with E-state index in [9.17, 15) is 9.59 Å². The molecule has 1 saturated heterocycles. The van der Waals surface area contributed by atoms with Gasteiger partial charge in [-0.1, -0.05) is 36.9 Å². The first-order valence-corrected chi connectivity index (χ1v) is 6.58. The van der Waals surface area contributed by atoms with Gasteiger partial charge >= 0.3 is 6.03 Å². The maximum Gasteiger partial charge on any atom is 0.348 e. The summed E-state index contributed by atoms with van der Waals surface area (Å²) in [6.07, 6.45) is 1.72. The summed E-state index contributed by atoms with van der Waals surface area (Å²) < 4.78 is 2.16. The first-order valence-electron chi connectivity index (χ1n) is 5.16. The Morgan fingerprint density at radius 3 is 2.17 bits per heavy atom. The molecule has 0 aliphatic carbocycles. The van der Waals surface area contributed by atoms with Crippen LogP contribution in [0.2, 0.25) is 0 Å². The Balaban J connectivity index is 2.50. The maximum absolute atomic E-state index is 12.2. The molecule has 0 saturated carbocycles. The number of hydrogen-bond acceptors (Lipinski definition) is 2. The smallest absolute Gasteiger partial charge is 0.270 e. The van der Waals surface area contributed by atoms with Crippen molar-refractivity contribution in [3.05, 3.63) is 42.0 Å². The molecule has 0 bridgehead atoms. The van der Waals surface area contributed by atoms with Crippen molar-refractivity contribution >= 4 is 50.3 Å². The largest absolute Gasteiger partial charge is 0.348 e. The SMILES string of the molecule is C=Cc1ccc(C2(C)C(=O)N(Br)C(=O)N2Br)cc1. The van der Waals surface area contributed by atoms with Gasteiger partial charge in [0, 0.05) is 0 Å². The average molecular weight is 374 g/mol. The van der Waals surface area contributed by atoms with Gasteiger partial charge in [0.1, 0.15) is 0 Å². The van der Waals surface area contributed by atoms with E-state index in [0.717, 1.165) is 15.1 Å². The van der Waals surface area contributed by atoms with Crippen LogP contribution < -0.4 is 0 Å². The van der Waals surface area contributed by atoms with E-state index in [1.54, 1.807) is 13.0 Å². The van der Waals surface area contributed by atoms with Crippen molar-refractivity contribution in [3.8, 4) is 0 Å². The number of urea groups is 1. The molecule has 1 atom stereocenters. The van der Waals surface area contributed by atoms with Crippen LogP contribution in [-0.4, -0.2) is 19.8 Å². The summed E-state index contributed by atoms with van der Waals surface area (Å²) in [5.74, 6) is -0.337. The molecule has 2 rings (SSSR count). The zero-order valence-corrected chi connectivity index (χ0v) is 12.7. The third-order valence-corrected chi connectivity index (χ3v) is 4.67. The van der Waals surface area contributed by atoms with Crippen LogP contribution in [0.15, 0.2) is 30.8 Å².